The normalized spacial score (nSPS) is 12.0. The third-order valence-electron chi connectivity index (χ3n) is 14.6. The summed E-state index contributed by atoms with van der Waals surface area (Å²) < 4.78 is 11.5. The summed E-state index contributed by atoms with van der Waals surface area (Å²) >= 11 is 0. The molecule has 15 aromatic rings. The third-order valence-corrected chi connectivity index (χ3v) is 14.6. The van der Waals surface area contributed by atoms with Crippen LogP contribution >= 0.6 is 0 Å². The molecule has 326 valence electrons. The van der Waals surface area contributed by atoms with Gasteiger partial charge < -0.3 is 18.3 Å². The molecule has 0 radical (unpaired) electrons. The molecule has 0 aliphatic rings. The Morgan fingerprint density at radius 3 is 1.77 bits per heavy atom. The zero-order valence-electron chi connectivity index (χ0n) is 37.9. The second-order valence-corrected chi connectivity index (χ2v) is 18.5. The molecule has 0 amide bonds. The van der Waals surface area contributed by atoms with Crippen LogP contribution in [-0.4, -0.2) is 8.97 Å². The number of anilines is 3. The molecule has 0 spiro atoms. The predicted octanol–water partition coefficient (Wildman–Crippen LogP) is 18.3. The van der Waals surface area contributed by atoms with Crippen LogP contribution in [0.25, 0.3) is 121 Å². The highest BCUT2D eigenvalue weighted by molar-refractivity contribution is 6.29. The van der Waals surface area contributed by atoms with Crippen LogP contribution in [0.2, 0.25) is 0 Å². The van der Waals surface area contributed by atoms with Gasteiger partial charge in [0.2, 0.25) is 0 Å². The van der Waals surface area contributed by atoms with Crippen LogP contribution in [0, 0.1) is 0 Å². The zero-order chi connectivity index (χ0) is 45.9. The Morgan fingerprint density at radius 2 is 0.971 bits per heavy atom. The first-order chi connectivity index (χ1) is 34.7. The van der Waals surface area contributed by atoms with E-state index in [9.17, 15) is 0 Å². The maximum atomic E-state index is 6.70. The summed E-state index contributed by atoms with van der Waals surface area (Å²) in [6.45, 7) is 0. The van der Waals surface area contributed by atoms with Gasteiger partial charge in [-0.05, 0) is 130 Å². The Hall–Kier alpha value is -9.38. The number of hydrogen-bond donors (Lipinski definition) is 0. The van der Waals surface area contributed by atoms with Crippen LogP contribution in [0.1, 0.15) is 0 Å². The quantitative estimate of drug-likeness (QED) is 0.118. The largest absolute Gasteiger partial charge is 0.456 e. The second kappa shape index (κ2) is 15.1. The summed E-state index contributed by atoms with van der Waals surface area (Å²) in [4.78, 5) is 2.41. The summed E-state index contributed by atoms with van der Waals surface area (Å²) in [6.07, 6.45) is 2.17. The molecular formula is C66H41N3O. The average Bonchev–Trinajstić information content (AvgIpc) is 4.13. The van der Waals surface area contributed by atoms with E-state index < -0.39 is 0 Å². The lowest BCUT2D eigenvalue weighted by atomic mass is 9.97. The van der Waals surface area contributed by atoms with Gasteiger partial charge in [0.05, 0.1) is 22.1 Å². The van der Waals surface area contributed by atoms with Gasteiger partial charge in [-0.1, -0.05) is 152 Å². The molecule has 0 unspecified atom stereocenters. The number of fused-ring (bicyclic) bond motifs is 10. The van der Waals surface area contributed by atoms with Crippen molar-refractivity contribution < 1.29 is 4.42 Å². The molecule has 11 aromatic carbocycles. The van der Waals surface area contributed by atoms with Crippen molar-refractivity contribution in [2.45, 2.75) is 0 Å². The molecule has 4 heterocycles. The molecule has 0 aliphatic carbocycles. The first-order valence-corrected chi connectivity index (χ1v) is 24.0. The van der Waals surface area contributed by atoms with Crippen LogP contribution in [0.4, 0.5) is 17.1 Å². The lowest BCUT2D eigenvalue weighted by molar-refractivity contribution is 0.669. The van der Waals surface area contributed by atoms with Crippen LogP contribution in [0.5, 0.6) is 0 Å². The average molecular weight is 892 g/mol. The van der Waals surface area contributed by atoms with Crippen LogP contribution < -0.4 is 4.90 Å². The van der Waals surface area contributed by atoms with Gasteiger partial charge in [-0.2, -0.15) is 0 Å². The molecule has 15 rings (SSSR count). The molecule has 0 N–H and O–H groups in total. The fourth-order valence-corrected chi connectivity index (χ4v) is 11.5. The number of benzene rings is 11. The number of rotatable bonds is 7. The zero-order valence-corrected chi connectivity index (χ0v) is 37.9. The molecule has 0 aliphatic heterocycles. The Balaban J connectivity index is 0.951. The maximum absolute atomic E-state index is 6.70. The van der Waals surface area contributed by atoms with E-state index in [-0.39, 0.29) is 0 Å². The molecule has 0 bridgehead atoms. The standard InChI is InChI=1S/C66H41N3O/c1-4-14-42(15-5-1)47-36-48(43-16-6-2-7-17-43)39-52(38-47)68(50-28-31-60-46(37-50)34-35-67(60)49-19-8-3-9-20-49)51-29-33-63-59(41-51)58-40-45(27-32-62(58)70-63)53-22-13-24-56-57-30-26-44-18-12-23-55-54-21-10-11-25-61(54)69(65(53)56)66(57)64(44)55/h1-41H. The number of nitrogens with zero attached hydrogens (tertiary/aromatic N) is 3. The molecule has 4 heteroatoms. The third kappa shape index (κ3) is 5.84. The molecule has 4 nitrogen and oxygen atoms in total. The second-order valence-electron chi connectivity index (χ2n) is 18.5. The Kier molecular flexibility index (Phi) is 8.33. The summed E-state index contributed by atoms with van der Waals surface area (Å²) in [6, 6.07) is 88.3. The number of furan rings is 1. The smallest absolute Gasteiger partial charge is 0.135 e. The van der Waals surface area contributed by atoms with Crippen molar-refractivity contribution in [1.29, 1.82) is 0 Å². The monoisotopic (exact) mass is 891 g/mol. The van der Waals surface area contributed by atoms with Crippen molar-refractivity contribution in [3.63, 3.8) is 0 Å². The van der Waals surface area contributed by atoms with Gasteiger partial charge in [0.25, 0.3) is 0 Å². The van der Waals surface area contributed by atoms with E-state index in [0.717, 1.165) is 83.4 Å². The van der Waals surface area contributed by atoms with Gasteiger partial charge in [0, 0.05) is 72.2 Å². The van der Waals surface area contributed by atoms with E-state index >= 15 is 0 Å². The summed E-state index contributed by atoms with van der Waals surface area (Å²) in [5, 5.41) is 10.9. The van der Waals surface area contributed by atoms with Crippen molar-refractivity contribution >= 4 is 98.8 Å². The fraction of sp³-hybridized carbons (Fsp3) is 0. The maximum Gasteiger partial charge on any atom is 0.135 e. The SMILES string of the molecule is c1ccc(-c2cc(-c3ccccc3)cc(N(c3ccc4c(ccn4-c4ccccc4)c3)c3ccc4oc5ccc(-c6cccc7c8ccc9cccc%10c%11ccccc%11n(c67)c8c9%10)cc5c4c3)c2)cc1. The van der Waals surface area contributed by atoms with Crippen molar-refractivity contribution in [3.05, 3.63) is 249 Å². The Morgan fingerprint density at radius 1 is 0.329 bits per heavy atom. The summed E-state index contributed by atoms with van der Waals surface area (Å²) in [5.74, 6) is 0. The van der Waals surface area contributed by atoms with Gasteiger partial charge in [0.1, 0.15) is 11.2 Å². The predicted molar refractivity (Wildman–Crippen MR) is 294 cm³/mol. The van der Waals surface area contributed by atoms with Gasteiger partial charge in [-0.25, -0.2) is 0 Å². The van der Waals surface area contributed by atoms with Crippen LogP contribution in [0.15, 0.2) is 253 Å². The first-order valence-electron chi connectivity index (χ1n) is 24.0. The molecule has 0 fully saturated rings. The van der Waals surface area contributed by atoms with Crippen molar-refractivity contribution in [3.8, 4) is 39.1 Å². The van der Waals surface area contributed by atoms with Crippen LogP contribution in [-0.2, 0) is 0 Å². The van der Waals surface area contributed by atoms with E-state index in [2.05, 4.69) is 263 Å². The van der Waals surface area contributed by atoms with Crippen molar-refractivity contribution in [2.24, 2.45) is 0 Å². The topological polar surface area (TPSA) is 25.7 Å². The van der Waals surface area contributed by atoms with E-state index in [4.69, 9.17) is 4.42 Å². The van der Waals surface area contributed by atoms with Crippen molar-refractivity contribution in [1.82, 2.24) is 8.97 Å². The fourth-order valence-electron chi connectivity index (χ4n) is 11.5. The minimum absolute atomic E-state index is 0.851. The van der Waals surface area contributed by atoms with E-state index in [1.165, 1.54) is 54.4 Å². The lowest BCUT2D eigenvalue weighted by Crippen LogP contribution is -2.10. The van der Waals surface area contributed by atoms with Crippen molar-refractivity contribution in [2.75, 3.05) is 4.90 Å². The minimum atomic E-state index is 0.851. The lowest BCUT2D eigenvalue weighted by Gasteiger charge is -2.27. The molecule has 0 atom stereocenters. The van der Waals surface area contributed by atoms with E-state index in [1.54, 1.807) is 0 Å². The number of hydrogen-bond acceptors (Lipinski definition) is 2. The van der Waals surface area contributed by atoms with E-state index in [1.807, 2.05) is 0 Å². The molecule has 0 saturated heterocycles. The molecule has 70 heavy (non-hydrogen) atoms. The van der Waals surface area contributed by atoms with Gasteiger partial charge in [-0.3, -0.25) is 0 Å². The summed E-state index contributed by atoms with van der Waals surface area (Å²) in [5.41, 5.74) is 17.8. The van der Waals surface area contributed by atoms with Gasteiger partial charge in [-0.15, -0.1) is 0 Å². The van der Waals surface area contributed by atoms with E-state index in [0.29, 0.717) is 0 Å². The number of para-hydroxylation sites is 3. The Labute approximate surface area is 403 Å². The van der Waals surface area contributed by atoms with Crippen LogP contribution in [0.3, 0.4) is 0 Å². The van der Waals surface area contributed by atoms with Gasteiger partial charge in [0.15, 0.2) is 0 Å². The van der Waals surface area contributed by atoms with Gasteiger partial charge >= 0.3 is 0 Å². The highest BCUT2D eigenvalue weighted by atomic mass is 16.3. The summed E-state index contributed by atoms with van der Waals surface area (Å²) in [7, 11) is 0. The highest BCUT2D eigenvalue weighted by Crippen LogP contribution is 2.46. The molecule has 4 aromatic heterocycles. The first kappa shape index (κ1) is 38.7. The molecular weight excluding hydrogens is 851 g/mol. The number of pyridine rings is 1. The Bertz CT molecular complexity index is 4470. The number of aromatic nitrogens is 2. The minimum Gasteiger partial charge on any atom is -0.456 e. The molecule has 0 saturated carbocycles. The highest BCUT2D eigenvalue weighted by Gasteiger charge is 2.23.